The summed E-state index contributed by atoms with van der Waals surface area (Å²) in [6.45, 7) is 8.45. The summed E-state index contributed by atoms with van der Waals surface area (Å²) < 4.78 is 37.7. The van der Waals surface area contributed by atoms with Gasteiger partial charge in [-0.2, -0.15) is 0 Å². The van der Waals surface area contributed by atoms with E-state index in [0.29, 0.717) is 71.2 Å². The quantitative estimate of drug-likeness (QED) is 0.142. The van der Waals surface area contributed by atoms with Crippen molar-refractivity contribution in [1.29, 1.82) is 0 Å². The number of hydrogen-bond acceptors (Lipinski definition) is 10. The van der Waals surface area contributed by atoms with Crippen molar-refractivity contribution >= 4 is 33.8 Å². The highest BCUT2D eigenvalue weighted by atomic mass is 32.2. The number of amides is 4. The Morgan fingerprint density at radius 2 is 1.11 bits per heavy atom. The first-order chi connectivity index (χ1) is 27.2. The molecule has 3 aliphatic rings. The molecular formula is C40H48N8O8S. The van der Waals surface area contributed by atoms with Gasteiger partial charge in [-0.05, 0) is 49.7 Å². The number of alkyl carbamates (subject to hydrolysis) is 2. The molecule has 17 heteroatoms. The smallest absolute Gasteiger partial charge is 0.407 e. The zero-order valence-electron chi connectivity index (χ0n) is 32.8. The number of fused-ring (bicyclic) bond motifs is 3. The first kappa shape index (κ1) is 39.5. The number of aromatic amines is 2. The van der Waals surface area contributed by atoms with Gasteiger partial charge in [-0.25, -0.2) is 28.0 Å². The predicted octanol–water partition coefficient (Wildman–Crippen LogP) is 5.37. The first-order valence-electron chi connectivity index (χ1n) is 19.2. The Labute approximate surface area is 331 Å². The van der Waals surface area contributed by atoms with Crippen molar-refractivity contribution in [2.45, 2.75) is 87.3 Å². The average Bonchev–Trinajstić information content (AvgIpc) is 4.05. The van der Waals surface area contributed by atoms with Crippen molar-refractivity contribution in [2.24, 2.45) is 11.8 Å². The van der Waals surface area contributed by atoms with Gasteiger partial charge in [0.15, 0.2) is 0 Å². The molecule has 5 heterocycles. The van der Waals surface area contributed by atoms with E-state index in [4.69, 9.17) is 9.47 Å². The molecule has 57 heavy (non-hydrogen) atoms. The van der Waals surface area contributed by atoms with E-state index in [-0.39, 0.29) is 45.5 Å². The molecule has 2 aromatic heterocycles. The Bertz CT molecular complexity index is 2160. The summed E-state index contributed by atoms with van der Waals surface area (Å²) in [6.07, 6.45) is 4.83. The normalized spacial score (nSPS) is 19.3. The van der Waals surface area contributed by atoms with Crippen LogP contribution in [0.3, 0.4) is 0 Å². The summed E-state index contributed by atoms with van der Waals surface area (Å²) in [6, 6.07) is 8.38. The molecule has 0 spiro atoms. The van der Waals surface area contributed by atoms with Crippen LogP contribution in [0.25, 0.3) is 33.6 Å². The third-order valence-corrected chi connectivity index (χ3v) is 13.0. The lowest BCUT2D eigenvalue weighted by Crippen LogP contribution is -2.51. The van der Waals surface area contributed by atoms with E-state index in [9.17, 15) is 27.6 Å². The standard InChI is InChI=1S/C40H48N8O8S/c1-21(2)33(45-39(51)55-5)37(49)47-15-7-9-29(47)35-41-19-27(43-35)23-11-13-25-26-14-12-24(18-32(26)57(53,54)31(25)17-23)28-20-42-36(44-28)30-10-8-16-48(30)38(50)34(22(3)4)46-40(52)56-6/h11-14,17-22,29-30,33-34H,7-10,15-16H2,1-6H3,(H,41,43)(H,42,44)(H,45,51)(H,46,52)/t29-,30-,33-,34?/m1/s1. The van der Waals surface area contributed by atoms with Gasteiger partial charge in [-0.3, -0.25) is 9.59 Å². The van der Waals surface area contributed by atoms with Crippen LogP contribution < -0.4 is 10.6 Å². The highest BCUT2D eigenvalue weighted by molar-refractivity contribution is 7.92. The van der Waals surface area contributed by atoms with Gasteiger partial charge in [0.1, 0.15) is 23.7 Å². The van der Waals surface area contributed by atoms with Gasteiger partial charge < -0.3 is 39.9 Å². The number of methoxy groups -OCH3 is 2. The van der Waals surface area contributed by atoms with Gasteiger partial charge in [0.05, 0.1) is 59.9 Å². The van der Waals surface area contributed by atoms with Gasteiger partial charge in [0.2, 0.25) is 21.7 Å². The Hall–Kier alpha value is -5.71. The molecular weight excluding hydrogens is 753 g/mol. The van der Waals surface area contributed by atoms with Crippen molar-refractivity contribution in [2.75, 3.05) is 27.3 Å². The monoisotopic (exact) mass is 800 g/mol. The van der Waals surface area contributed by atoms with Crippen LogP contribution in [0.15, 0.2) is 58.6 Å². The molecule has 0 bridgehead atoms. The summed E-state index contributed by atoms with van der Waals surface area (Å²) in [5, 5.41) is 5.31. The van der Waals surface area contributed by atoms with Crippen LogP contribution in [0.2, 0.25) is 0 Å². The summed E-state index contributed by atoms with van der Waals surface area (Å²) in [4.78, 5) is 70.9. The number of H-pyrrole nitrogens is 2. The number of carbonyl (C=O) groups excluding carboxylic acids is 4. The number of nitrogens with zero attached hydrogens (tertiary/aromatic N) is 4. The number of sulfone groups is 1. The number of benzene rings is 2. The molecule has 0 aliphatic carbocycles. The first-order valence-corrected chi connectivity index (χ1v) is 20.7. The fraction of sp³-hybridized carbons (Fsp3) is 0.450. The molecule has 302 valence electrons. The van der Waals surface area contributed by atoms with Crippen LogP contribution in [0.5, 0.6) is 0 Å². The number of ether oxygens (including phenoxy) is 2. The van der Waals surface area contributed by atoms with E-state index in [1.165, 1.54) is 14.2 Å². The molecule has 4 amide bonds. The SMILES string of the molecule is COC(=O)NC(C(=O)N1CCC[C@@H]1c1ncc(-c2ccc3c(c2)S(=O)(=O)c2cc(-c4cnc([C@H]5CCCN5C(=O)[C@H](NC(=O)OC)C(C)C)[nH]4)ccc2-3)[nH]1)C(C)C. The zero-order valence-corrected chi connectivity index (χ0v) is 33.6. The molecule has 4 N–H and O–H groups in total. The van der Waals surface area contributed by atoms with Crippen molar-refractivity contribution in [3.05, 3.63) is 60.4 Å². The number of aromatic nitrogens is 4. The second-order valence-corrected chi connectivity index (χ2v) is 17.3. The molecule has 4 atom stereocenters. The molecule has 1 unspecified atom stereocenters. The van der Waals surface area contributed by atoms with Crippen LogP contribution in [0.4, 0.5) is 9.59 Å². The van der Waals surface area contributed by atoms with Gasteiger partial charge in [-0.15, -0.1) is 0 Å². The second kappa shape index (κ2) is 15.7. The molecule has 2 fully saturated rings. The van der Waals surface area contributed by atoms with E-state index in [2.05, 4.69) is 30.6 Å². The second-order valence-electron chi connectivity index (χ2n) is 15.4. The molecule has 0 radical (unpaired) electrons. The van der Waals surface area contributed by atoms with E-state index in [0.717, 1.165) is 12.8 Å². The van der Waals surface area contributed by atoms with Crippen molar-refractivity contribution in [1.82, 2.24) is 40.4 Å². The zero-order chi connectivity index (χ0) is 40.8. The fourth-order valence-electron chi connectivity index (χ4n) is 8.08. The number of carbonyl (C=O) groups is 4. The molecule has 16 nitrogen and oxygen atoms in total. The van der Waals surface area contributed by atoms with Gasteiger partial charge in [0, 0.05) is 35.3 Å². The van der Waals surface area contributed by atoms with E-state index < -0.39 is 34.1 Å². The minimum Gasteiger partial charge on any atom is -0.453 e. The average molecular weight is 801 g/mol. The summed E-state index contributed by atoms with van der Waals surface area (Å²) in [5.41, 5.74) is 3.66. The molecule has 7 rings (SSSR count). The predicted molar refractivity (Wildman–Crippen MR) is 208 cm³/mol. The number of rotatable bonds is 10. The highest BCUT2D eigenvalue weighted by Gasteiger charge is 2.40. The molecule has 2 aromatic carbocycles. The Morgan fingerprint density at radius 3 is 1.47 bits per heavy atom. The maximum Gasteiger partial charge on any atom is 0.407 e. The third-order valence-electron chi connectivity index (χ3n) is 11.1. The topological polar surface area (TPSA) is 209 Å². The van der Waals surface area contributed by atoms with Crippen molar-refractivity contribution in [3.8, 4) is 33.6 Å². The highest BCUT2D eigenvalue weighted by Crippen LogP contribution is 2.46. The Balaban J connectivity index is 1.10. The van der Waals surface area contributed by atoms with Gasteiger partial charge >= 0.3 is 12.2 Å². The van der Waals surface area contributed by atoms with Crippen molar-refractivity contribution < 1.29 is 37.1 Å². The van der Waals surface area contributed by atoms with Crippen LogP contribution in [-0.4, -0.2) is 102 Å². The third kappa shape index (κ3) is 7.35. The Morgan fingerprint density at radius 1 is 0.702 bits per heavy atom. The van der Waals surface area contributed by atoms with E-state index >= 15 is 0 Å². The van der Waals surface area contributed by atoms with Crippen LogP contribution in [0, 0.1) is 11.8 Å². The van der Waals surface area contributed by atoms with E-state index in [1.807, 2.05) is 39.8 Å². The summed E-state index contributed by atoms with van der Waals surface area (Å²) in [7, 11) is -1.39. The Kier molecular flexibility index (Phi) is 10.9. The lowest BCUT2D eigenvalue weighted by molar-refractivity contribution is -0.136. The van der Waals surface area contributed by atoms with Crippen molar-refractivity contribution in [3.63, 3.8) is 0 Å². The fourth-order valence-corrected chi connectivity index (χ4v) is 9.82. The maximum absolute atomic E-state index is 14.1. The molecule has 0 saturated carbocycles. The lowest BCUT2D eigenvalue weighted by Gasteiger charge is -2.30. The lowest BCUT2D eigenvalue weighted by atomic mass is 10.0. The largest absolute Gasteiger partial charge is 0.453 e. The molecule has 3 aliphatic heterocycles. The van der Waals surface area contributed by atoms with Crippen LogP contribution in [-0.2, 0) is 28.9 Å². The minimum absolute atomic E-state index is 0.169. The number of imidazole rings is 2. The molecule has 4 aromatic rings. The van der Waals surface area contributed by atoms with Gasteiger partial charge in [0.25, 0.3) is 0 Å². The summed E-state index contributed by atoms with van der Waals surface area (Å²) >= 11 is 0. The summed E-state index contributed by atoms with van der Waals surface area (Å²) in [5.74, 6) is 0.380. The molecule has 2 saturated heterocycles. The van der Waals surface area contributed by atoms with Crippen LogP contribution in [0.1, 0.15) is 77.1 Å². The number of likely N-dealkylation sites (tertiary alicyclic amines) is 2. The number of nitrogens with one attached hydrogen (secondary N) is 4. The number of hydrogen-bond donors (Lipinski definition) is 4. The van der Waals surface area contributed by atoms with E-state index in [1.54, 1.807) is 46.5 Å². The maximum atomic E-state index is 14.1. The minimum atomic E-state index is -3.91. The van der Waals surface area contributed by atoms with Crippen LogP contribution >= 0.6 is 0 Å². The van der Waals surface area contributed by atoms with Gasteiger partial charge in [-0.1, -0.05) is 52.0 Å².